The quantitative estimate of drug-likeness (QED) is 0.290. The van der Waals surface area contributed by atoms with E-state index in [1.54, 1.807) is 13.3 Å². The first kappa shape index (κ1) is 22.9. The third-order valence-corrected chi connectivity index (χ3v) is 3.59. The van der Waals surface area contributed by atoms with Crippen LogP contribution in [0.2, 0.25) is 0 Å². The fourth-order valence-corrected chi connectivity index (χ4v) is 2.41. The molecule has 0 aliphatic carbocycles. The Bertz CT molecular complexity index is 466. The van der Waals surface area contributed by atoms with E-state index in [0.29, 0.717) is 18.3 Å². The maximum Gasteiger partial charge on any atom is 0.218 e. The highest BCUT2D eigenvalue weighted by atomic mass is 127. The second kappa shape index (κ2) is 14.3. The Kier molecular flexibility index (Phi) is 13.6. The second-order valence-electron chi connectivity index (χ2n) is 5.41. The van der Waals surface area contributed by atoms with E-state index in [1.165, 1.54) is 0 Å². The summed E-state index contributed by atoms with van der Waals surface area (Å²) in [6, 6.07) is 3.84. The number of hydrogen-bond acceptors (Lipinski definition) is 4. The Morgan fingerprint density at radius 1 is 1.33 bits per heavy atom. The second-order valence-corrected chi connectivity index (χ2v) is 5.41. The van der Waals surface area contributed by atoms with E-state index in [2.05, 4.69) is 27.5 Å². The lowest BCUT2D eigenvalue weighted by molar-refractivity contribution is 0.251. The standard InChI is InChI=1S/C17H30N4O2.HI/c1-4-7-14(9-11-22)12-20-17(18-5-2)21-13-15-8-6-10-19-16(15)23-3;/h6,8,10,14,22H,4-5,7,9,11-13H2,1-3H3,(H2,18,20,21);1H. The number of aliphatic imine (C=N–C) groups is 1. The summed E-state index contributed by atoms with van der Waals surface area (Å²) in [5, 5.41) is 15.8. The van der Waals surface area contributed by atoms with Crippen molar-refractivity contribution in [3.63, 3.8) is 0 Å². The molecule has 24 heavy (non-hydrogen) atoms. The topological polar surface area (TPSA) is 78.8 Å². The number of aliphatic hydroxyl groups is 1. The predicted molar refractivity (Wildman–Crippen MR) is 109 cm³/mol. The average molecular weight is 450 g/mol. The lowest BCUT2D eigenvalue weighted by atomic mass is 10.0. The summed E-state index contributed by atoms with van der Waals surface area (Å²) in [5.41, 5.74) is 0.952. The van der Waals surface area contributed by atoms with Crippen molar-refractivity contribution in [1.29, 1.82) is 0 Å². The Morgan fingerprint density at radius 2 is 2.12 bits per heavy atom. The number of rotatable bonds is 10. The zero-order valence-electron chi connectivity index (χ0n) is 14.9. The third kappa shape index (κ3) is 8.68. The smallest absolute Gasteiger partial charge is 0.218 e. The molecule has 7 heteroatoms. The zero-order valence-corrected chi connectivity index (χ0v) is 17.2. The Labute approximate surface area is 162 Å². The van der Waals surface area contributed by atoms with Crippen molar-refractivity contribution in [2.45, 2.75) is 39.7 Å². The summed E-state index contributed by atoms with van der Waals surface area (Å²) >= 11 is 0. The van der Waals surface area contributed by atoms with Gasteiger partial charge in [0.2, 0.25) is 5.88 Å². The fraction of sp³-hybridized carbons (Fsp3) is 0.647. The average Bonchev–Trinajstić information content (AvgIpc) is 2.57. The SMILES string of the molecule is CCCC(CCO)CNC(=NCc1cccnc1OC)NCC.I. The molecule has 0 bridgehead atoms. The number of aromatic nitrogens is 1. The largest absolute Gasteiger partial charge is 0.481 e. The van der Waals surface area contributed by atoms with Gasteiger partial charge in [0.05, 0.1) is 13.7 Å². The van der Waals surface area contributed by atoms with Crippen molar-refractivity contribution in [1.82, 2.24) is 15.6 Å². The Hall–Kier alpha value is -1.09. The van der Waals surface area contributed by atoms with Gasteiger partial charge in [0.25, 0.3) is 0 Å². The first-order chi connectivity index (χ1) is 11.2. The molecule has 1 atom stereocenters. The van der Waals surface area contributed by atoms with Gasteiger partial charge in [-0.1, -0.05) is 19.4 Å². The number of aliphatic hydroxyl groups excluding tert-OH is 1. The maximum atomic E-state index is 9.15. The molecule has 0 spiro atoms. The van der Waals surface area contributed by atoms with Gasteiger partial charge in [0.15, 0.2) is 5.96 Å². The molecule has 1 aromatic heterocycles. The van der Waals surface area contributed by atoms with Crippen molar-refractivity contribution < 1.29 is 9.84 Å². The van der Waals surface area contributed by atoms with Crippen LogP contribution in [0.1, 0.15) is 38.7 Å². The number of ether oxygens (including phenoxy) is 1. The summed E-state index contributed by atoms with van der Waals surface area (Å²) in [7, 11) is 1.61. The van der Waals surface area contributed by atoms with E-state index in [1.807, 2.05) is 19.1 Å². The minimum absolute atomic E-state index is 0. The highest BCUT2D eigenvalue weighted by Crippen LogP contribution is 2.14. The molecular formula is C17H31IN4O2. The van der Waals surface area contributed by atoms with E-state index >= 15 is 0 Å². The molecule has 0 aliphatic heterocycles. The molecule has 6 nitrogen and oxygen atoms in total. The van der Waals surface area contributed by atoms with Crippen LogP contribution in [-0.2, 0) is 6.54 Å². The summed E-state index contributed by atoms with van der Waals surface area (Å²) in [6.07, 6.45) is 4.74. The van der Waals surface area contributed by atoms with Crippen molar-refractivity contribution in [2.75, 3.05) is 26.8 Å². The molecule has 3 N–H and O–H groups in total. The molecule has 0 saturated carbocycles. The van der Waals surface area contributed by atoms with Crippen LogP contribution in [0.4, 0.5) is 0 Å². The van der Waals surface area contributed by atoms with E-state index in [-0.39, 0.29) is 30.6 Å². The summed E-state index contributed by atoms with van der Waals surface area (Å²) in [4.78, 5) is 8.78. The molecule has 1 unspecified atom stereocenters. The van der Waals surface area contributed by atoms with Crippen LogP contribution >= 0.6 is 24.0 Å². The van der Waals surface area contributed by atoms with Gasteiger partial charge in [-0.15, -0.1) is 24.0 Å². The zero-order chi connectivity index (χ0) is 16.9. The number of pyridine rings is 1. The number of halogens is 1. The fourth-order valence-electron chi connectivity index (χ4n) is 2.41. The van der Waals surface area contributed by atoms with Crippen molar-refractivity contribution >= 4 is 29.9 Å². The first-order valence-electron chi connectivity index (χ1n) is 8.36. The van der Waals surface area contributed by atoms with Gasteiger partial charge in [0, 0.05) is 31.5 Å². The number of methoxy groups -OCH3 is 1. The van der Waals surface area contributed by atoms with Crippen LogP contribution in [0.3, 0.4) is 0 Å². The van der Waals surface area contributed by atoms with Crippen LogP contribution in [-0.4, -0.2) is 42.9 Å². The molecule has 138 valence electrons. The van der Waals surface area contributed by atoms with E-state index in [9.17, 15) is 0 Å². The molecule has 0 radical (unpaired) electrons. The minimum atomic E-state index is 0. The molecular weight excluding hydrogens is 419 g/mol. The summed E-state index contributed by atoms with van der Waals surface area (Å²) in [5.74, 6) is 1.84. The number of nitrogens with zero attached hydrogens (tertiary/aromatic N) is 2. The maximum absolute atomic E-state index is 9.15. The van der Waals surface area contributed by atoms with Crippen LogP contribution in [0, 0.1) is 5.92 Å². The van der Waals surface area contributed by atoms with Gasteiger partial charge in [-0.3, -0.25) is 0 Å². The molecule has 0 aliphatic rings. The molecule has 0 amide bonds. The van der Waals surface area contributed by atoms with E-state index < -0.39 is 0 Å². The molecule has 1 aromatic rings. The summed E-state index contributed by atoms with van der Waals surface area (Å²) in [6.45, 7) is 6.55. The van der Waals surface area contributed by atoms with Crippen LogP contribution in [0.25, 0.3) is 0 Å². The van der Waals surface area contributed by atoms with Gasteiger partial charge >= 0.3 is 0 Å². The highest BCUT2D eigenvalue weighted by Gasteiger charge is 2.09. The molecule has 1 heterocycles. The van der Waals surface area contributed by atoms with E-state index in [4.69, 9.17) is 9.84 Å². The highest BCUT2D eigenvalue weighted by molar-refractivity contribution is 14.0. The van der Waals surface area contributed by atoms with Gasteiger partial charge in [-0.05, 0) is 31.7 Å². The van der Waals surface area contributed by atoms with Crippen LogP contribution < -0.4 is 15.4 Å². The molecule has 0 aromatic carbocycles. The third-order valence-electron chi connectivity index (χ3n) is 3.59. The van der Waals surface area contributed by atoms with E-state index in [0.717, 1.165) is 43.9 Å². The van der Waals surface area contributed by atoms with Gasteiger partial charge in [-0.2, -0.15) is 0 Å². The van der Waals surface area contributed by atoms with Crippen LogP contribution in [0.5, 0.6) is 5.88 Å². The number of guanidine groups is 1. The lowest BCUT2D eigenvalue weighted by Gasteiger charge is -2.18. The van der Waals surface area contributed by atoms with Crippen LogP contribution in [0.15, 0.2) is 23.3 Å². The molecule has 0 saturated heterocycles. The first-order valence-corrected chi connectivity index (χ1v) is 8.36. The monoisotopic (exact) mass is 450 g/mol. The minimum Gasteiger partial charge on any atom is -0.481 e. The molecule has 0 fully saturated rings. The number of hydrogen-bond donors (Lipinski definition) is 3. The Morgan fingerprint density at radius 3 is 2.75 bits per heavy atom. The lowest BCUT2D eigenvalue weighted by Crippen LogP contribution is -2.40. The van der Waals surface area contributed by atoms with Crippen molar-refractivity contribution in [3.05, 3.63) is 23.9 Å². The molecule has 1 rings (SSSR count). The Balaban J connectivity index is 0.00000529. The van der Waals surface area contributed by atoms with Gasteiger partial charge in [0.1, 0.15) is 0 Å². The van der Waals surface area contributed by atoms with Gasteiger partial charge < -0.3 is 20.5 Å². The van der Waals surface area contributed by atoms with Crippen molar-refractivity contribution in [2.24, 2.45) is 10.9 Å². The predicted octanol–water partition coefficient (Wildman–Crippen LogP) is 2.56. The summed E-state index contributed by atoms with van der Waals surface area (Å²) < 4.78 is 5.25. The number of nitrogens with one attached hydrogen (secondary N) is 2. The van der Waals surface area contributed by atoms with Crippen molar-refractivity contribution in [3.8, 4) is 5.88 Å². The normalized spacial score (nSPS) is 12.2. The van der Waals surface area contributed by atoms with Gasteiger partial charge in [-0.25, -0.2) is 9.98 Å².